The third kappa shape index (κ3) is 3.12. The summed E-state index contributed by atoms with van der Waals surface area (Å²) < 4.78 is 5.11. The summed E-state index contributed by atoms with van der Waals surface area (Å²) in [6, 6.07) is 12.0. The van der Waals surface area contributed by atoms with Crippen LogP contribution in [0.3, 0.4) is 0 Å². The second-order valence-electron chi connectivity index (χ2n) is 3.79. The Morgan fingerprint density at radius 1 is 1.42 bits per heavy atom. The summed E-state index contributed by atoms with van der Waals surface area (Å²) in [5, 5.41) is 13.7. The molecule has 4 nitrogen and oxygen atoms in total. The zero-order valence-corrected chi connectivity index (χ0v) is 11.1. The van der Waals surface area contributed by atoms with Crippen LogP contribution in [0, 0.1) is 11.3 Å². The van der Waals surface area contributed by atoms with Gasteiger partial charge in [-0.1, -0.05) is 18.2 Å². The molecule has 0 spiro atoms. The van der Waals surface area contributed by atoms with Gasteiger partial charge in [0.1, 0.15) is 11.8 Å². The van der Waals surface area contributed by atoms with Crippen LogP contribution in [0.1, 0.15) is 21.3 Å². The van der Waals surface area contributed by atoms with Crippen molar-refractivity contribution in [3.63, 3.8) is 0 Å². The largest absolute Gasteiger partial charge is 0.497 e. The van der Waals surface area contributed by atoms with Gasteiger partial charge in [0.15, 0.2) is 0 Å². The molecule has 96 valence electrons. The van der Waals surface area contributed by atoms with Crippen molar-refractivity contribution in [3.05, 3.63) is 52.2 Å². The van der Waals surface area contributed by atoms with Crippen molar-refractivity contribution < 1.29 is 9.53 Å². The summed E-state index contributed by atoms with van der Waals surface area (Å²) in [4.78, 5) is 12.5. The predicted molar refractivity (Wildman–Crippen MR) is 73.1 cm³/mol. The molecule has 1 aromatic heterocycles. The van der Waals surface area contributed by atoms with E-state index in [-0.39, 0.29) is 5.91 Å². The minimum atomic E-state index is -0.690. The zero-order chi connectivity index (χ0) is 13.7. The Kier molecular flexibility index (Phi) is 4.16. The monoisotopic (exact) mass is 272 g/mol. The molecule has 1 amide bonds. The summed E-state index contributed by atoms with van der Waals surface area (Å²) in [5.74, 6) is 0.410. The number of nitrogens with one attached hydrogen (secondary N) is 1. The van der Waals surface area contributed by atoms with Crippen LogP contribution in [0.25, 0.3) is 0 Å². The lowest BCUT2D eigenvalue weighted by atomic mass is 10.1. The minimum absolute atomic E-state index is 0.246. The van der Waals surface area contributed by atoms with E-state index in [1.54, 1.807) is 43.5 Å². The number of nitrogens with zero attached hydrogens (tertiary/aromatic N) is 1. The van der Waals surface area contributed by atoms with Gasteiger partial charge in [0.2, 0.25) is 0 Å². The maximum absolute atomic E-state index is 11.9. The average Bonchev–Trinajstić information content (AvgIpc) is 2.98. The van der Waals surface area contributed by atoms with Crippen molar-refractivity contribution in [3.8, 4) is 11.8 Å². The van der Waals surface area contributed by atoms with Crippen molar-refractivity contribution >= 4 is 17.2 Å². The van der Waals surface area contributed by atoms with Crippen LogP contribution in [-0.2, 0) is 0 Å². The Labute approximate surface area is 115 Å². The van der Waals surface area contributed by atoms with Gasteiger partial charge < -0.3 is 10.1 Å². The van der Waals surface area contributed by atoms with E-state index in [1.807, 2.05) is 5.38 Å². The average molecular weight is 272 g/mol. The Bertz CT molecular complexity index is 602. The second-order valence-corrected chi connectivity index (χ2v) is 4.74. The molecule has 5 heteroatoms. The van der Waals surface area contributed by atoms with Crippen molar-refractivity contribution in [2.75, 3.05) is 7.11 Å². The van der Waals surface area contributed by atoms with Gasteiger partial charge in [-0.05, 0) is 29.1 Å². The first-order valence-corrected chi connectivity index (χ1v) is 6.50. The quantitative estimate of drug-likeness (QED) is 0.930. The molecule has 0 aliphatic carbocycles. The van der Waals surface area contributed by atoms with E-state index >= 15 is 0 Å². The first kappa shape index (κ1) is 13.1. The van der Waals surface area contributed by atoms with Crippen molar-refractivity contribution in [2.45, 2.75) is 6.04 Å². The van der Waals surface area contributed by atoms with Crippen LogP contribution in [0.5, 0.6) is 5.75 Å². The molecule has 0 saturated carbocycles. The van der Waals surface area contributed by atoms with Crippen LogP contribution in [-0.4, -0.2) is 13.0 Å². The summed E-state index contributed by atoms with van der Waals surface area (Å²) >= 11 is 1.34. The number of hydrogen-bond acceptors (Lipinski definition) is 4. The molecule has 1 N–H and O–H groups in total. The van der Waals surface area contributed by atoms with Gasteiger partial charge in [0, 0.05) is 0 Å². The third-order valence-corrected chi connectivity index (χ3v) is 3.45. The molecule has 2 aromatic rings. The number of carbonyl (C=O) groups excluding carboxylic acids is 1. The van der Waals surface area contributed by atoms with Crippen LogP contribution in [0.2, 0.25) is 0 Å². The SMILES string of the molecule is COc1cccc(C(C#N)NC(=O)c2cccs2)c1. The molecular formula is C14H12N2O2S. The molecule has 1 aromatic carbocycles. The highest BCUT2D eigenvalue weighted by Gasteiger charge is 2.16. The highest BCUT2D eigenvalue weighted by molar-refractivity contribution is 7.12. The lowest BCUT2D eigenvalue weighted by Gasteiger charge is -2.12. The van der Waals surface area contributed by atoms with Crippen molar-refractivity contribution in [1.82, 2.24) is 5.32 Å². The molecule has 19 heavy (non-hydrogen) atoms. The molecule has 0 saturated heterocycles. The molecule has 0 aliphatic heterocycles. The fourth-order valence-corrected chi connectivity index (χ4v) is 2.25. The summed E-state index contributed by atoms with van der Waals surface area (Å²) in [6.07, 6.45) is 0. The third-order valence-electron chi connectivity index (χ3n) is 2.58. The molecule has 1 unspecified atom stereocenters. The Balaban J connectivity index is 2.16. The molecule has 0 fully saturated rings. The van der Waals surface area contributed by atoms with Crippen LogP contribution < -0.4 is 10.1 Å². The van der Waals surface area contributed by atoms with Gasteiger partial charge >= 0.3 is 0 Å². The van der Waals surface area contributed by atoms with Gasteiger partial charge in [0.05, 0.1) is 18.1 Å². The number of thiophene rings is 1. The summed E-state index contributed by atoms with van der Waals surface area (Å²) in [5.41, 5.74) is 0.701. The highest BCUT2D eigenvalue weighted by atomic mass is 32.1. The molecule has 0 aliphatic rings. The van der Waals surface area contributed by atoms with Crippen LogP contribution in [0.4, 0.5) is 0 Å². The molecule has 0 bridgehead atoms. The lowest BCUT2D eigenvalue weighted by molar-refractivity contribution is 0.0949. The standard InChI is InChI=1S/C14H12N2O2S/c1-18-11-5-2-4-10(8-11)12(9-15)16-14(17)13-6-3-7-19-13/h2-8,12H,1H3,(H,16,17). The van der Waals surface area contributed by atoms with E-state index in [4.69, 9.17) is 4.74 Å². The maximum atomic E-state index is 11.9. The molecular weight excluding hydrogens is 260 g/mol. The molecule has 1 heterocycles. The van der Waals surface area contributed by atoms with Gasteiger partial charge in [-0.3, -0.25) is 4.79 Å². The molecule has 2 rings (SSSR count). The van der Waals surface area contributed by atoms with Gasteiger partial charge in [0.25, 0.3) is 5.91 Å². The van der Waals surface area contributed by atoms with E-state index in [0.29, 0.717) is 16.2 Å². The predicted octanol–water partition coefficient (Wildman–Crippen LogP) is 2.75. The van der Waals surface area contributed by atoms with Gasteiger partial charge in [-0.25, -0.2) is 0 Å². The normalized spacial score (nSPS) is 11.4. The Morgan fingerprint density at radius 2 is 2.26 bits per heavy atom. The van der Waals surface area contributed by atoms with Crippen molar-refractivity contribution in [2.24, 2.45) is 0 Å². The number of methoxy groups -OCH3 is 1. The van der Waals surface area contributed by atoms with E-state index < -0.39 is 6.04 Å². The van der Waals surface area contributed by atoms with E-state index in [2.05, 4.69) is 11.4 Å². The van der Waals surface area contributed by atoms with E-state index in [1.165, 1.54) is 11.3 Å². The van der Waals surface area contributed by atoms with Gasteiger partial charge in [-0.15, -0.1) is 11.3 Å². The Morgan fingerprint density at radius 3 is 2.89 bits per heavy atom. The highest BCUT2D eigenvalue weighted by Crippen LogP contribution is 2.19. The topological polar surface area (TPSA) is 62.1 Å². The summed E-state index contributed by atoms with van der Waals surface area (Å²) in [7, 11) is 1.56. The number of carbonyl (C=O) groups is 1. The number of rotatable bonds is 4. The number of amides is 1. The van der Waals surface area contributed by atoms with E-state index in [9.17, 15) is 10.1 Å². The first-order chi connectivity index (χ1) is 9.24. The van der Waals surface area contributed by atoms with Crippen molar-refractivity contribution in [1.29, 1.82) is 5.26 Å². The van der Waals surface area contributed by atoms with Crippen LogP contribution in [0.15, 0.2) is 41.8 Å². The second kappa shape index (κ2) is 6.03. The fraction of sp³-hybridized carbons (Fsp3) is 0.143. The zero-order valence-electron chi connectivity index (χ0n) is 10.3. The number of benzene rings is 1. The fourth-order valence-electron chi connectivity index (χ4n) is 1.62. The lowest BCUT2D eigenvalue weighted by Crippen LogP contribution is -2.26. The van der Waals surface area contributed by atoms with Crippen LogP contribution >= 0.6 is 11.3 Å². The number of nitriles is 1. The number of hydrogen-bond donors (Lipinski definition) is 1. The maximum Gasteiger partial charge on any atom is 0.262 e. The summed E-state index contributed by atoms with van der Waals surface area (Å²) in [6.45, 7) is 0. The first-order valence-electron chi connectivity index (χ1n) is 5.62. The number of ether oxygens (including phenoxy) is 1. The Hall–Kier alpha value is -2.32. The smallest absolute Gasteiger partial charge is 0.262 e. The van der Waals surface area contributed by atoms with E-state index in [0.717, 1.165) is 0 Å². The molecule has 1 atom stereocenters. The van der Waals surface area contributed by atoms with Gasteiger partial charge in [-0.2, -0.15) is 5.26 Å². The molecule has 0 radical (unpaired) electrons. The minimum Gasteiger partial charge on any atom is -0.497 e.